The van der Waals surface area contributed by atoms with Gasteiger partial charge in [0.15, 0.2) is 0 Å². The van der Waals surface area contributed by atoms with Gasteiger partial charge in [0.1, 0.15) is 0 Å². The molecule has 2 atom stereocenters. The highest BCUT2D eigenvalue weighted by atomic mass is 14.9. The Kier molecular flexibility index (Phi) is 32.1. The van der Waals surface area contributed by atoms with Crippen molar-refractivity contribution in [3.8, 4) is 0 Å². The van der Waals surface area contributed by atoms with Gasteiger partial charge in [-0.2, -0.15) is 0 Å². The minimum atomic E-state index is 0.562. The number of anilines is 1. The molecule has 0 saturated carbocycles. The first kappa shape index (κ1) is 42.0. The van der Waals surface area contributed by atoms with Crippen LogP contribution in [0, 0.1) is 5.92 Å². The zero-order valence-corrected chi connectivity index (χ0v) is 31.4. The fraction of sp³-hybridized carbons (Fsp3) is 0.864. The molecule has 0 aromatic heterocycles. The van der Waals surface area contributed by atoms with E-state index in [2.05, 4.69) is 56.4 Å². The van der Waals surface area contributed by atoms with Crippen LogP contribution in [0.3, 0.4) is 0 Å². The second-order valence-electron chi connectivity index (χ2n) is 15.0. The predicted molar refractivity (Wildman–Crippen MR) is 207 cm³/mol. The van der Waals surface area contributed by atoms with E-state index in [-0.39, 0.29) is 0 Å². The third-order valence-corrected chi connectivity index (χ3v) is 10.4. The van der Waals surface area contributed by atoms with Gasteiger partial charge >= 0.3 is 0 Å². The summed E-state index contributed by atoms with van der Waals surface area (Å²) in [6, 6.07) is 11.4. The van der Waals surface area contributed by atoms with Crippen LogP contribution in [0.4, 0.5) is 5.69 Å². The van der Waals surface area contributed by atoms with Gasteiger partial charge < -0.3 is 5.32 Å². The molecule has 0 heterocycles. The highest BCUT2D eigenvalue weighted by Gasteiger charge is 2.12. The lowest BCUT2D eigenvalue weighted by molar-refractivity contribution is 0.365. The standard InChI is InChI=1S/C44H83N/c1-4-6-8-10-12-14-16-18-19-20-21-22-24-26-28-30-33-37-43(41-40-42(3)45-44-38-34-31-35-39-44)36-32-29-27-25-23-17-15-13-11-9-7-5-2/h31,34-35,38-39,42-43,45H,4-30,32-33,36-37,40-41H2,1-3H3. The first-order chi connectivity index (χ1) is 22.3. The van der Waals surface area contributed by atoms with Crippen molar-refractivity contribution >= 4 is 5.69 Å². The summed E-state index contributed by atoms with van der Waals surface area (Å²) in [5.41, 5.74) is 1.27. The van der Waals surface area contributed by atoms with Crippen LogP contribution in [0.5, 0.6) is 0 Å². The second-order valence-corrected chi connectivity index (χ2v) is 15.0. The topological polar surface area (TPSA) is 12.0 Å². The third kappa shape index (κ3) is 30.1. The maximum atomic E-state index is 3.74. The molecule has 45 heavy (non-hydrogen) atoms. The molecule has 1 aromatic carbocycles. The van der Waals surface area contributed by atoms with E-state index >= 15 is 0 Å². The summed E-state index contributed by atoms with van der Waals surface area (Å²) in [6.45, 7) is 7.00. The van der Waals surface area contributed by atoms with E-state index in [0.29, 0.717) is 6.04 Å². The number of hydrogen-bond donors (Lipinski definition) is 1. The summed E-state index contributed by atoms with van der Waals surface area (Å²) >= 11 is 0. The number of nitrogens with one attached hydrogen (secondary N) is 1. The zero-order valence-electron chi connectivity index (χ0n) is 31.4. The maximum absolute atomic E-state index is 3.74. The minimum absolute atomic E-state index is 0.562. The summed E-state index contributed by atoms with van der Waals surface area (Å²) in [4.78, 5) is 0. The Balaban J connectivity index is 2.10. The molecular formula is C44H83N. The molecule has 0 fully saturated rings. The molecule has 0 bridgehead atoms. The van der Waals surface area contributed by atoms with Crippen molar-refractivity contribution in [3.63, 3.8) is 0 Å². The average molecular weight is 626 g/mol. The normalized spacial score (nSPS) is 12.9. The summed E-state index contributed by atoms with van der Waals surface area (Å²) < 4.78 is 0. The fourth-order valence-electron chi connectivity index (χ4n) is 7.24. The molecule has 1 nitrogen and oxygen atoms in total. The number of unbranched alkanes of at least 4 members (excludes halogenated alkanes) is 27. The lowest BCUT2D eigenvalue weighted by atomic mass is 9.89. The Hall–Kier alpha value is -0.980. The molecule has 1 aromatic rings. The quantitative estimate of drug-likeness (QED) is 0.0731. The smallest absolute Gasteiger partial charge is 0.0342 e. The Morgan fingerprint density at radius 2 is 0.689 bits per heavy atom. The summed E-state index contributed by atoms with van der Waals surface area (Å²) in [7, 11) is 0. The van der Waals surface area contributed by atoms with Crippen LogP contribution in [0.15, 0.2) is 30.3 Å². The SMILES string of the molecule is CCCCCCCCCCCCCCCCCCCC(CCCCCCCCCCCCCC)CCC(C)Nc1ccccc1. The van der Waals surface area contributed by atoms with Crippen molar-refractivity contribution in [1.29, 1.82) is 0 Å². The van der Waals surface area contributed by atoms with E-state index in [0.717, 1.165) is 5.92 Å². The van der Waals surface area contributed by atoms with Crippen molar-refractivity contribution < 1.29 is 0 Å². The van der Waals surface area contributed by atoms with Crippen molar-refractivity contribution in [2.45, 2.75) is 239 Å². The molecule has 0 aliphatic carbocycles. The zero-order chi connectivity index (χ0) is 32.3. The van der Waals surface area contributed by atoms with Gasteiger partial charge in [-0.05, 0) is 37.8 Å². The van der Waals surface area contributed by atoms with Gasteiger partial charge in [0.05, 0.1) is 0 Å². The lowest BCUT2D eigenvalue weighted by Gasteiger charge is -2.21. The van der Waals surface area contributed by atoms with Crippen LogP contribution < -0.4 is 5.32 Å². The average Bonchev–Trinajstić information content (AvgIpc) is 3.05. The fourth-order valence-corrected chi connectivity index (χ4v) is 7.24. The Bertz CT molecular complexity index is 669. The van der Waals surface area contributed by atoms with Gasteiger partial charge in [-0.1, -0.05) is 231 Å². The summed E-state index contributed by atoms with van der Waals surface area (Å²) in [5.74, 6) is 0.935. The van der Waals surface area contributed by atoms with Gasteiger partial charge in [0.2, 0.25) is 0 Å². The molecule has 264 valence electrons. The molecule has 0 radical (unpaired) electrons. The maximum Gasteiger partial charge on any atom is 0.0342 e. The molecule has 0 aliphatic heterocycles. The molecular weight excluding hydrogens is 542 g/mol. The van der Waals surface area contributed by atoms with E-state index in [1.807, 2.05) is 0 Å². The Morgan fingerprint density at radius 1 is 0.378 bits per heavy atom. The van der Waals surface area contributed by atoms with Crippen LogP contribution in [-0.2, 0) is 0 Å². The van der Waals surface area contributed by atoms with E-state index in [4.69, 9.17) is 0 Å². The first-order valence-corrected chi connectivity index (χ1v) is 21.1. The molecule has 0 amide bonds. The second kappa shape index (κ2) is 34.4. The highest BCUT2D eigenvalue weighted by Crippen LogP contribution is 2.25. The van der Waals surface area contributed by atoms with Crippen molar-refractivity contribution in [2.24, 2.45) is 5.92 Å². The number of para-hydroxylation sites is 1. The van der Waals surface area contributed by atoms with Crippen molar-refractivity contribution in [3.05, 3.63) is 30.3 Å². The van der Waals surface area contributed by atoms with E-state index in [1.54, 1.807) is 0 Å². The van der Waals surface area contributed by atoms with E-state index < -0.39 is 0 Å². The van der Waals surface area contributed by atoms with Gasteiger partial charge in [0, 0.05) is 11.7 Å². The van der Waals surface area contributed by atoms with Crippen LogP contribution in [0.2, 0.25) is 0 Å². The third-order valence-electron chi connectivity index (χ3n) is 10.4. The van der Waals surface area contributed by atoms with Crippen molar-refractivity contribution in [1.82, 2.24) is 0 Å². The largest absolute Gasteiger partial charge is 0.383 e. The summed E-state index contributed by atoms with van der Waals surface area (Å²) in [5, 5.41) is 3.74. The number of benzene rings is 1. The predicted octanol–water partition coefficient (Wildman–Crippen LogP) is 16.0. The molecule has 1 heteroatoms. The molecule has 2 unspecified atom stereocenters. The molecule has 1 N–H and O–H groups in total. The minimum Gasteiger partial charge on any atom is -0.383 e. The van der Waals surface area contributed by atoms with E-state index in [9.17, 15) is 0 Å². The summed E-state index contributed by atoms with van der Waals surface area (Å²) in [6.07, 6.45) is 48.0. The van der Waals surface area contributed by atoms with Crippen LogP contribution >= 0.6 is 0 Å². The Morgan fingerprint density at radius 3 is 1.02 bits per heavy atom. The monoisotopic (exact) mass is 626 g/mol. The van der Waals surface area contributed by atoms with Crippen LogP contribution in [-0.4, -0.2) is 6.04 Å². The first-order valence-electron chi connectivity index (χ1n) is 21.1. The van der Waals surface area contributed by atoms with Gasteiger partial charge in [-0.3, -0.25) is 0 Å². The van der Waals surface area contributed by atoms with Crippen LogP contribution in [0.1, 0.15) is 233 Å². The molecule has 1 rings (SSSR count). The lowest BCUT2D eigenvalue weighted by Crippen LogP contribution is -2.16. The molecule has 0 spiro atoms. The van der Waals surface area contributed by atoms with Crippen molar-refractivity contribution in [2.75, 3.05) is 5.32 Å². The highest BCUT2D eigenvalue weighted by molar-refractivity contribution is 5.43. The molecule has 0 aliphatic rings. The van der Waals surface area contributed by atoms with Gasteiger partial charge in [-0.15, -0.1) is 0 Å². The number of hydrogen-bond acceptors (Lipinski definition) is 1. The van der Waals surface area contributed by atoms with Crippen LogP contribution in [0.25, 0.3) is 0 Å². The van der Waals surface area contributed by atoms with Gasteiger partial charge in [-0.25, -0.2) is 0 Å². The van der Waals surface area contributed by atoms with Gasteiger partial charge in [0.25, 0.3) is 0 Å². The molecule has 0 saturated heterocycles. The number of rotatable bonds is 36. The van der Waals surface area contributed by atoms with E-state index in [1.165, 1.54) is 218 Å². The Labute approximate surface area is 285 Å².